The first-order valence-electron chi connectivity index (χ1n) is 12.3. The van der Waals surface area contributed by atoms with Gasteiger partial charge >= 0.3 is 12.1 Å². The molecule has 11 heteroatoms. The Morgan fingerprint density at radius 3 is 2.64 bits per heavy atom. The number of anilines is 1. The number of alkyl halides is 3. The molecule has 1 saturated heterocycles. The topological polar surface area (TPSA) is 90.6 Å². The van der Waals surface area contributed by atoms with Crippen LogP contribution in [0.3, 0.4) is 0 Å². The van der Waals surface area contributed by atoms with Crippen molar-refractivity contribution in [2.45, 2.75) is 50.9 Å². The van der Waals surface area contributed by atoms with Crippen molar-refractivity contribution < 1.29 is 27.5 Å². The number of amides is 1. The van der Waals surface area contributed by atoms with Crippen LogP contribution in [-0.2, 0) is 20.5 Å². The quantitative estimate of drug-likeness (QED) is 0.399. The highest BCUT2D eigenvalue weighted by Crippen LogP contribution is 2.34. The summed E-state index contributed by atoms with van der Waals surface area (Å²) in [6.45, 7) is 7.60. The first kappa shape index (κ1) is 26.0. The molecule has 1 amide bonds. The molecular weight excluding hydrogens is 475 g/mol. The van der Waals surface area contributed by atoms with Gasteiger partial charge in [-0.2, -0.15) is 18.3 Å². The molecule has 1 saturated carbocycles. The average Bonchev–Trinajstić information content (AvgIpc) is 3.24. The summed E-state index contributed by atoms with van der Waals surface area (Å²) in [6, 6.07) is 3.80. The molecular formula is C25H32F3N5O3. The predicted octanol–water partition coefficient (Wildman–Crippen LogP) is 3.50. The number of benzene rings is 1. The molecule has 2 aliphatic rings. The Labute approximate surface area is 207 Å². The average molecular weight is 508 g/mol. The Morgan fingerprint density at radius 1 is 1.28 bits per heavy atom. The van der Waals surface area contributed by atoms with Crippen molar-refractivity contribution in [3.05, 3.63) is 36.4 Å². The number of halogens is 3. The standard InChI is InChI=1S/C25H32F3N5O3/c1-3-11-32(23-20-12-17(25(26,27)28)7-10-21(20)30-31-23)15-22(34)29-18-13-33(14-18)19-8-5-16(6-9-19)24(35)36-4-2/h3,7,10,12,16,18-19H,1,4-6,8-9,11,13-15H2,2H3,(H,29,34)(H,30,31). The number of nitrogens with zero attached hydrogens (tertiary/aromatic N) is 3. The molecule has 2 N–H and O–H groups in total. The summed E-state index contributed by atoms with van der Waals surface area (Å²) >= 11 is 0. The number of aromatic nitrogens is 2. The van der Waals surface area contributed by atoms with Crippen molar-refractivity contribution in [1.82, 2.24) is 20.4 Å². The first-order chi connectivity index (χ1) is 17.2. The SMILES string of the molecule is C=CCN(CC(=O)NC1CN(C2CCC(C(=O)OCC)CC2)C1)c1n[nH]c2ccc(C(F)(F)F)cc12. The van der Waals surface area contributed by atoms with Crippen molar-refractivity contribution in [3.8, 4) is 0 Å². The number of likely N-dealkylation sites (tertiary alicyclic amines) is 1. The van der Waals surface area contributed by atoms with Crippen molar-refractivity contribution in [2.24, 2.45) is 5.92 Å². The van der Waals surface area contributed by atoms with Crippen molar-refractivity contribution in [1.29, 1.82) is 0 Å². The van der Waals surface area contributed by atoms with Crippen LogP contribution in [0.15, 0.2) is 30.9 Å². The molecule has 0 radical (unpaired) electrons. The highest BCUT2D eigenvalue weighted by atomic mass is 19.4. The first-order valence-corrected chi connectivity index (χ1v) is 12.3. The zero-order valence-corrected chi connectivity index (χ0v) is 20.3. The number of hydrogen-bond acceptors (Lipinski definition) is 6. The van der Waals surface area contributed by atoms with E-state index in [0.717, 1.165) is 50.9 Å². The lowest BCUT2D eigenvalue weighted by atomic mass is 9.84. The van der Waals surface area contributed by atoms with Crippen molar-refractivity contribution in [3.63, 3.8) is 0 Å². The van der Waals surface area contributed by atoms with Crippen LogP contribution >= 0.6 is 0 Å². The number of H-pyrrole nitrogens is 1. The summed E-state index contributed by atoms with van der Waals surface area (Å²) in [6.07, 6.45) is 0.617. The van der Waals surface area contributed by atoms with Gasteiger partial charge in [-0.3, -0.25) is 19.6 Å². The summed E-state index contributed by atoms with van der Waals surface area (Å²) in [7, 11) is 0. The number of nitrogens with one attached hydrogen (secondary N) is 2. The summed E-state index contributed by atoms with van der Waals surface area (Å²) in [4.78, 5) is 28.6. The molecule has 8 nitrogen and oxygen atoms in total. The highest BCUT2D eigenvalue weighted by Gasteiger charge is 2.37. The minimum Gasteiger partial charge on any atom is -0.466 e. The molecule has 1 aromatic carbocycles. The van der Waals surface area contributed by atoms with Crippen LogP contribution < -0.4 is 10.2 Å². The second-order valence-electron chi connectivity index (χ2n) is 9.45. The van der Waals surface area contributed by atoms with Gasteiger partial charge in [0.2, 0.25) is 5.91 Å². The second kappa shape index (κ2) is 10.9. The zero-order valence-electron chi connectivity index (χ0n) is 20.3. The number of esters is 1. The van der Waals surface area contributed by atoms with Gasteiger partial charge in [0.25, 0.3) is 0 Å². The van der Waals surface area contributed by atoms with E-state index in [1.54, 1.807) is 11.0 Å². The number of ether oxygens (including phenoxy) is 1. The van der Waals surface area contributed by atoms with Crippen LogP contribution in [-0.4, -0.2) is 71.8 Å². The molecule has 0 bridgehead atoms. The van der Waals surface area contributed by atoms with Gasteiger partial charge in [0.1, 0.15) is 0 Å². The van der Waals surface area contributed by atoms with Crippen molar-refractivity contribution >= 4 is 28.6 Å². The van der Waals surface area contributed by atoms with E-state index in [4.69, 9.17) is 4.74 Å². The van der Waals surface area contributed by atoms with Crippen LogP contribution in [0.25, 0.3) is 10.9 Å². The molecule has 2 heterocycles. The zero-order chi connectivity index (χ0) is 25.9. The monoisotopic (exact) mass is 507 g/mol. The lowest BCUT2D eigenvalue weighted by Gasteiger charge is -2.46. The van der Waals surface area contributed by atoms with E-state index in [1.807, 2.05) is 6.92 Å². The number of aromatic amines is 1. The minimum atomic E-state index is -4.47. The molecule has 4 rings (SSSR count). The largest absolute Gasteiger partial charge is 0.466 e. The maximum Gasteiger partial charge on any atom is 0.416 e. The third kappa shape index (κ3) is 5.83. The van der Waals surface area contributed by atoms with E-state index in [9.17, 15) is 22.8 Å². The smallest absolute Gasteiger partial charge is 0.416 e. The Morgan fingerprint density at radius 2 is 2.00 bits per heavy atom. The van der Waals surface area contributed by atoms with E-state index >= 15 is 0 Å². The fraction of sp³-hybridized carbons (Fsp3) is 0.560. The van der Waals surface area contributed by atoms with Crippen LogP contribution in [0.2, 0.25) is 0 Å². The van der Waals surface area contributed by atoms with Crippen LogP contribution in [0, 0.1) is 5.92 Å². The third-order valence-corrected chi connectivity index (χ3v) is 6.96. The molecule has 36 heavy (non-hydrogen) atoms. The van der Waals surface area contributed by atoms with E-state index in [-0.39, 0.29) is 42.7 Å². The third-order valence-electron chi connectivity index (χ3n) is 6.96. The number of rotatable bonds is 9. The van der Waals surface area contributed by atoms with Crippen LogP contribution in [0.4, 0.5) is 19.0 Å². The normalized spacial score (nSPS) is 21.1. The Kier molecular flexibility index (Phi) is 7.87. The van der Waals surface area contributed by atoms with E-state index in [2.05, 4.69) is 27.0 Å². The van der Waals surface area contributed by atoms with Gasteiger partial charge < -0.3 is 15.0 Å². The molecule has 2 aromatic rings. The van der Waals surface area contributed by atoms with Gasteiger partial charge in [-0.1, -0.05) is 6.08 Å². The maximum absolute atomic E-state index is 13.2. The minimum absolute atomic E-state index is 0.0126. The maximum atomic E-state index is 13.2. The Hall–Kier alpha value is -3.08. The van der Waals surface area contributed by atoms with Gasteiger partial charge in [0.05, 0.1) is 36.2 Å². The fourth-order valence-corrected chi connectivity index (χ4v) is 5.08. The van der Waals surface area contributed by atoms with E-state index < -0.39 is 11.7 Å². The molecule has 2 fully saturated rings. The number of carbonyl (C=O) groups excluding carboxylic acids is 2. The van der Waals surface area contributed by atoms with Crippen LogP contribution in [0.1, 0.15) is 38.2 Å². The van der Waals surface area contributed by atoms with Gasteiger partial charge in [0.15, 0.2) is 5.82 Å². The summed E-state index contributed by atoms with van der Waals surface area (Å²) in [5.41, 5.74) is -0.314. The fourth-order valence-electron chi connectivity index (χ4n) is 5.08. The molecule has 1 aliphatic heterocycles. The molecule has 196 valence electrons. The van der Waals surface area contributed by atoms with Crippen LogP contribution in [0.5, 0.6) is 0 Å². The highest BCUT2D eigenvalue weighted by molar-refractivity contribution is 5.93. The van der Waals surface area contributed by atoms with Crippen molar-refractivity contribution in [2.75, 3.05) is 37.7 Å². The van der Waals surface area contributed by atoms with Gasteiger partial charge in [-0.25, -0.2) is 0 Å². The number of fused-ring (bicyclic) bond motifs is 1. The summed E-state index contributed by atoms with van der Waals surface area (Å²) in [5.74, 6) is -0.0670. The molecule has 1 aliphatic carbocycles. The van der Waals surface area contributed by atoms with E-state index in [0.29, 0.717) is 23.6 Å². The molecule has 0 spiro atoms. The number of carbonyl (C=O) groups is 2. The lowest BCUT2D eigenvalue weighted by molar-refractivity contribution is -0.149. The summed E-state index contributed by atoms with van der Waals surface area (Å²) in [5, 5.41) is 10.2. The van der Waals surface area contributed by atoms with E-state index in [1.165, 1.54) is 6.07 Å². The van der Waals surface area contributed by atoms with Gasteiger partial charge in [-0.05, 0) is 50.8 Å². The number of hydrogen-bond donors (Lipinski definition) is 2. The van der Waals surface area contributed by atoms with Gasteiger partial charge in [-0.15, -0.1) is 6.58 Å². The molecule has 0 atom stereocenters. The predicted molar refractivity (Wildman–Crippen MR) is 129 cm³/mol. The summed E-state index contributed by atoms with van der Waals surface area (Å²) < 4.78 is 44.7. The second-order valence-corrected chi connectivity index (χ2v) is 9.45. The Bertz CT molecular complexity index is 1090. The molecule has 0 unspecified atom stereocenters. The molecule has 1 aromatic heterocycles. The lowest BCUT2D eigenvalue weighted by Crippen LogP contribution is -2.63. The Balaban J connectivity index is 1.30. The van der Waals surface area contributed by atoms with Gasteiger partial charge in [0, 0.05) is 31.1 Å².